The molecule has 0 aliphatic rings. The summed E-state index contributed by atoms with van der Waals surface area (Å²) >= 11 is 0. The van der Waals surface area contributed by atoms with Crippen LogP contribution in [0.1, 0.15) is 40.5 Å². The molecule has 0 aromatic heterocycles. The summed E-state index contributed by atoms with van der Waals surface area (Å²) in [7, 11) is 0. The second kappa shape index (κ2) is 8.27. The molecule has 0 aromatic rings. The van der Waals surface area contributed by atoms with Crippen molar-refractivity contribution in [3.8, 4) is 0 Å². The Hall–Kier alpha value is 0.662. The van der Waals surface area contributed by atoms with Gasteiger partial charge in [-0.25, -0.2) is 0 Å². The molecule has 0 spiro atoms. The van der Waals surface area contributed by atoms with E-state index in [2.05, 4.69) is 27.7 Å². The fraction of sp³-hybridized carbons (Fsp3) is 1.00. The third-order valence-electron chi connectivity index (χ3n) is 3.77. The summed E-state index contributed by atoms with van der Waals surface area (Å²) in [5.41, 5.74) is 0. The molecule has 0 rings (SSSR count). The van der Waals surface area contributed by atoms with Crippen LogP contribution >= 0.6 is 0 Å². The first kappa shape index (κ1) is 15.1. The SMILES string of the molecule is CCCC[B-](CC)(CC)CC.[Li+]. The quantitative estimate of drug-likeness (QED) is 0.516. The minimum absolute atomic E-state index is 0. The van der Waals surface area contributed by atoms with Gasteiger partial charge in [-0.3, -0.25) is 0 Å². The Labute approximate surface area is 91.0 Å². The largest absolute Gasteiger partial charge is 1.00 e. The van der Waals surface area contributed by atoms with E-state index in [-0.39, 0.29) is 25.0 Å². The Morgan fingerprint density at radius 1 is 0.833 bits per heavy atom. The molecule has 68 valence electrons. The first-order valence-electron chi connectivity index (χ1n) is 5.46. The molecule has 0 unspecified atom stereocenters. The van der Waals surface area contributed by atoms with Crippen LogP contribution in [0.25, 0.3) is 0 Å². The van der Waals surface area contributed by atoms with Crippen LogP contribution in [0.15, 0.2) is 0 Å². The van der Waals surface area contributed by atoms with Gasteiger partial charge in [0, 0.05) is 0 Å². The van der Waals surface area contributed by atoms with Crippen LogP contribution in [-0.4, -0.2) is 6.15 Å². The molecular weight excluding hydrogens is 138 g/mol. The van der Waals surface area contributed by atoms with E-state index in [0.717, 1.165) is 0 Å². The third-order valence-corrected chi connectivity index (χ3v) is 3.77. The van der Waals surface area contributed by atoms with Gasteiger partial charge in [-0.05, 0) is 6.15 Å². The van der Waals surface area contributed by atoms with Crippen molar-refractivity contribution in [1.82, 2.24) is 0 Å². The summed E-state index contributed by atoms with van der Waals surface area (Å²) in [6.45, 7) is 9.38. The Kier molecular flexibility index (Phi) is 10.4. The molecule has 0 aliphatic carbocycles. The maximum Gasteiger partial charge on any atom is 1.00 e. The molecule has 0 N–H and O–H groups in total. The predicted octanol–water partition coefficient (Wildman–Crippen LogP) is 1.30. The topological polar surface area (TPSA) is 0 Å². The van der Waals surface area contributed by atoms with Crippen LogP contribution in [-0.2, 0) is 0 Å². The van der Waals surface area contributed by atoms with Gasteiger partial charge in [0.25, 0.3) is 0 Å². The zero-order valence-electron chi connectivity index (χ0n) is 9.82. The molecule has 0 nitrogen and oxygen atoms in total. The maximum absolute atomic E-state index is 2.36. The molecule has 0 saturated carbocycles. The minimum Gasteiger partial charge on any atom is -0.181 e. The van der Waals surface area contributed by atoms with E-state index in [1.165, 1.54) is 38.1 Å². The fourth-order valence-corrected chi connectivity index (χ4v) is 2.12. The van der Waals surface area contributed by atoms with Crippen molar-refractivity contribution in [2.75, 3.05) is 0 Å². The van der Waals surface area contributed by atoms with Crippen LogP contribution in [0, 0.1) is 0 Å². The molecule has 0 atom stereocenters. The Morgan fingerprint density at radius 3 is 1.50 bits per heavy atom. The van der Waals surface area contributed by atoms with Crippen molar-refractivity contribution in [2.45, 2.75) is 65.8 Å². The molecule has 12 heavy (non-hydrogen) atoms. The molecule has 0 saturated heterocycles. The van der Waals surface area contributed by atoms with E-state index < -0.39 is 0 Å². The van der Waals surface area contributed by atoms with Gasteiger partial charge in [-0.2, -0.15) is 25.3 Å². The zero-order chi connectivity index (χ0) is 8.74. The normalized spacial score (nSPS) is 11.0. The second-order valence-corrected chi connectivity index (χ2v) is 4.10. The van der Waals surface area contributed by atoms with E-state index in [1.807, 2.05) is 0 Å². The molecule has 0 aliphatic heterocycles. The van der Waals surface area contributed by atoms with Crippen molar-refractivity contribution in [1.29, 1.82) is 0 Å². The van der Waals surface area contributed by atoms with Gasteiger partial charge in [0.2, 0.25) is 0 Å². The van der Waals surface area contributed by atoms with E-state index in [4.69, 9.17) is 0 Å². The first-order chi connectivity index (χ1) is 5.24. The van der Waals surface area contributed by atoms with Crippen LogP contribution in [0.4, 0.5) is 0 Å². The van der Waals surface area contributed by atoms with Crippen LogP contribution < -0.4 is 18.9 Å². The molecule has 0 amide bonds. The second-order valence-electron chi connectivity index (χ2n) is 4.10. The van der Waals surface area contributed by atoms with E-state index in [9.17, 15) is 0 Å². The molecular formula is C10H24BLi. The number of hydrogen-bond donors (Lipinski definition) is 0. The van der Waals surface area contributed by atoms with Crippen LogP contribution in [0.5, 0.6) is 0 Å². The monoisotopic (exact) mass is 162 g/mol. The summed E-state index contributed by atoms with van der Waals surface area (Å²) in [6.07, 6.45) is 8.62. The Balaban J connectivity index is 0. The molecule has 0 radical (unpaired) electrons. The maximum atomic E-state index is 2.36. The zero-order valence-corrected chi connectivity index (χ0v) is 9.82. The van der Waals surface area contributed by atoms with Crippen molar-refractivity contribution in [3.05, 3.63) is 0 Å². The average molecular weight is 162 g/mol. The van der Waals surface area contributed by atoms with Gasteiger partial charge in [-0.1, -0.05) is 40.5 Å². The summed E-state index contributed by atoms with van der Waals surface area (Å²) in [6, 6.07) is 0. The predicted molar refractivity (Wildman–Crippen MR) is 56.9 cm³/mol. The van der Waals surface area contributed by atoms with Crippen molar-refractivity contribution in [3.63, 3.8) is 0 Å². The van der Waals surface area contributed by atoms with Gasteiger partial charge in [0.05, 0.1) is 0 Å². The smallest absolute Gasteiger partial charge is 0.181 e. The average Bonchev–Trinajstić information content (AvgIpc) is 2.08. The Bertz CT molecular complexity index is 81.6. The van der Waals surface area contributed by atoms with Crippen molar-refractivity contribution in [2.24, 2.45) is 0 Å². The molecule has 0 heterocycles. The third kappa shape index (κ3) is 4.63. The van der Waals surface area contributed by atoms with Gasteiger partial charge in [0.1, 0.15) is 0 Å². The van der Waals surface area contributed by atoms with E-state index >= 15 is 0 Å². The van der Waals surface area contributed by atoms with E-state index in [0.29, 0.717) is 0 Å². The Morgan fingerprint density at radius 2 is 1.25 bits per heavy atom. The van der Waals surface area contributed by atoms with Crippen molar-refractivity contribution < 1.29 is 18.9 Å². The number of unbranched alkanes of at least 4 members (excludes halogenated alkanes) is 1. The summed E-state index contributed by atoms with van der Waals surface area (Å²) < 4.78 is 0. The first-order valence-corrected chi connectivity index (χ1v) is 5.46. The van der Waals surface area contributed by atoms with E-state index in [1.54, 1.807) is 0 Å². The van der Waals surface area contributed by atoms with Gasteiger partial charge < -0.3 is 0 Å². The molecule has 0 bridgehead atoms. The molecule has 2 heteroatoms. The van der Waals surface area contributed by atoms with Crippen molar-refractivity contribution >= 4 is 6.15 Å². The molecule has 0 fully saturated rings. The summed E-state index contributed by atoms with van der Waals surface area (Å²) in [5.74, 6) is 0. The van der Waals surface area contributed by atoms with Gasteiger partial charge in [0.15, 0.2) is 0 Å². The number of hydrogen-bond acceptors (Lipinski definition) is 0. The number of rotatable bonds is 6. The van der Waals surface area contributed by atoms with Crippen LogP contribution in [0.2, 0.25) is 25.3 Å². The minimum atomic E-state index is 0. The van der Waals surface area contributed by atoms with Gasteiger partial charge in [-0.15, -0.1) is 0 Å². The standard InChI is InChI=1S/C10H24B.Li/c1-5-9-10-11(6-2,7-3)8-4;/h5-10H2,1-4H3;/q-1;+1. The van der Waals surface area contributed by atoms with Crippen LogP contribution in [0.3, 0.4) is 0 Å². The summed E-state index contributed by atoms with van der Waals surface area (Å²) in [4.78, 5) is 0. The van der Waals surface area contributed by atoms with Gasteiger partial charge >= 0.3 is 18.9 Å². The fourth-order valence-electron chi connectivity index (χ4n) is 2.12. The summed E-state index contributed by atoms with van der Waals surface area (Å²) in [5, 5.41) is 0. The molecule has 0 aromatic carbocycles.